The Bertz CT molecular complexity index is 2490. The molecule has 0 saturated heterocycles. The zero-order valence-electron chi connectivity index (χ0n) is 26.0. The number of aromatic nitrogens is 4. The van der Waals surface area contributed by atoms with E-state index in [1.165, 1.54) is 32.3 Å². The first kappa shape index (κ1) is 33.2. The maximum atomic E-state index is 8.49. The monoisotopic (exact) mass is 722 g/mol. The van der Waals surface area contributed by atoms with Crippen molar-refractivity contribution in [2.75, 3.05) is 0 Å². The van der Waals surface area contributed by atoms with E-state index in [4.69, 9.17) is 28.6 Å². The molecule has 246 valence electrons. The summed E-state index contributed by atoms with van der Waals surface area (Å²) in [7, 11) is -4.94. The van der Waals surface area contributed by atoms with Gasteiger partial charge in [-0.05, 0) is 35.0 Å². The quantitative estimate of drug-likeness (QED) is 0.115. The van der Waals surface area contributed by atoms with Crippen LogP contribution >= 0.6 is 0 Å². The van der Waals surface area contributed by atoms with Gasteiger partial charge in [0.1, 0.15) is 0 Å². The van der Waals surface area contributed by atoms with Crippen LogP contribution in [-0.4, -0.2) is 19.9 Å². The Kier molecular flexibility index (Phi) is 8.96. The van der Waals surface area contributed by atoms with Gasteiger partial charge in [0, 0.05) is 55.5 Å². The standard InChI is InChI=1S/2C20H12N2.ClHO4.Cu/c2*1-2-6-17-13(4-1)7-9-15-12-16-10-8-14-5-3-11-21-19(14)20(16)22-18(15)17;2-1(3,4)5;/h2*1-12H;(H,2,3,4,5);/q;;;+1/p-1. The molecule has 0 radical (unpaired) electrons. The van der Waals surface area contributed by atoms with E-state index in [0.717, 1.165) is 54.6 Å². The van der Waals surface area contributed by atoms with Crippen LogP contribution in [0.3, 0.4) is 0 Å². The minimum absolute atomic E-state index is 0. The van der Waals surface area contributed by atoms with Crippen LogP contribution < -0.4 is 18.6 Å². The molecule has 0 atom stereocenters. The van der Waals surface area contributed by atoms with Crippen LogP contribution in [0.4, 0.5) is 0 Å². The number of pyridine rings is 4. The molecule has 4 aromatic heterocycles. The summed E-state index contributed by atoms with van der Waals surface area (Å²) in [5, 5.41) is 11.7. The van der Waals surface area contributed by atoms with Gasteiger partial charge in [-0.15, -0.1) is 10.2 Å². The fourth-order valence-electron chi connectivity index (χ4n) is 6.34. The van der Waals surface area contributed by atoms with Crippen LogP contribution in [0.2, 0.25) is 0 Å². The second-order valence-electron chi connectivity index (χ2n) is 11.5. The molecular weight excluding hydrogens is 699 g/mol. The summed E-state index contributed by atoms with van der Waals surface area (Å²) in [6.07, 6.45) is 3.66. The van der Waals surface area contributed by atoms with Crippen molar-refractivity contribution in [3.8, 4) is 0 Å². The van der Waals surface area contributed by atoms with Gasteiger partial charge in [0.2, 0.25) is 0 Å². The molecule has 10 aromatic rings. The van der Waals surface area contributed by atoms with Crippen molar-refractivity contribution >= 4 is 87.0 Å². The smallest absolute Gasteiger partial charge is 0.254 e. The predicted octanol–water partition coefficient (Wildman–Crippen LogP) is 5.42. The van der Waals surface area contributed by atoms with Gasteiger partial charge in [0.15, 0.2) is 0 Å². The molecule has 0 fully saturated rings. The number of nitrogens with zero attached hydrogens (tertiary/aromatic N) is 4. The molecule has 6 aromatic carbocycles. The van der Waals surface area contributed by atoms with Crippen LogP contribution in [0, 0.1) is 10.2 Å². The first-order valence-electron chi connectivity index (χ1n) is 15.3. The molecule has 0 aliphatic heterocycles. The minimum Gasteiger partial charge on any atom is -0.254 e. The van der Waals surface area contributed by atoms with E-state index < -0.39 is 10.2 Å². The normalized spacial score (nSPS) is 11.4. The van der Waals surface area contributed by atoms with Gasteiger partial charge in [-0.3, -0.25) is 9.97 Å². The molecule has 0 aliphatic carbocycles. The third-order valence-electron chi connectivity index (χ3n) is 8.49. The fourth-order valence-corrected chi connectivity index (χ4v) is 6.34. The SMILES string of the molecule is [Cu+].[O-][Cl+3]([O-])([O-])[O-].c1ccc2c(c1)ccc1cc3ccc4cccnc4c3nc12.c1ccc2c(c1)ccc1cc3ccc4cccnc4c3nc12. The Morgan fingerprint density at radius 3 is 1.08 bits per heavy atom. The summed E-state index contributed by atoms with van der Waals surface area (Å²) in [6.45, 7) is 0. The van der Waals surface area contributed by atoms with Crippen molar-refractivity contribution in [2.45, 2.75) is 0 Å². The van der Waals surface area contributed by atoms with Crippen LogP contribution in [0.15, 0.2) is 146 Å². The molecule has 0 aliphatic rings. The van der Waals surface area contributed by atoms with Gasteiger partial charge in [0.05, 0.1) is 33.1 Å². The van der Waals surface area contributed by atoms with E-state index in [1.54, 1.807) is 0 Å². The van der Waals surface area contributed by atoms with Crippen molar-refractivity contribution in [1.29, 1.82) is 0 Å². The summed E-state index contributed by atoms with van der Waals surface area (Å²) < 4.78 is 34.0. The number of fused-ring (bicyclic) bond motifs is 12. The number of rotatable bonds is 0. The van der Waals surface area contributed by atoms with Gasteiger partial charge in [0.25, 0.3) is 0 Å². The first-order chi connectivity index (χ1) is 23.8. The van der Waals surface area contributed by atoms with Crippen molar-refractivity contribution in [2.24, 2.45) is 0 Å². The van der Waals surface area contributed by atoms with E-state index in [0.29, 0.717) is 0 Å². The zero-order valence-corrected chi connectivity index (χ0v) is 27.7. The molecule has 0 spiro atoms. The van der Waals surface area contributed by atoms with Gasteiger partial charge >= 0.3 is 17.1 Å². The Balaban J connectivity index is 0.000000136. The average molecular weight is 724 g/mol. The van der Waals surface area contributed by atoms with Gasteiger partial charge in [-0.2, -0.15) is 0 Å². The molecule has 0 unspecified atom stereocenters. The molecule has 50 heavy (non-hydrogen) atoms. The van der Waals surface area contributed by atoms with Gasteiger partial charge < -0.3 is 0 Å². The van der Waals surface area contributed by atoms with E-state index in [-0.39, 0.29) is 17.1 Å². The second-order valence-corrected chi connectivity index (χ2v) is 12.3. The maximum Gasteiger partial charge on any atom is 1.00 e. The van der Waals surface area contributed by atoms with E-state index in [9.17, 15) is 0 Å². The summed E-state index contributed by atoms with van der Waals surface area (Å²) >= 11 is 0. The third kappa shape index (κ3) is 6.50. The predicted molar refractivity (Wildman–Crippen MR) is 184 cm³/mol. The molecule has 0 N–H and O–H groups in total. The molecule has 0 bridgehead atoms. The van der Waals surface area contributed by atoms with Crippen LogP contribution in [0.5, 0.6) is 0 Å². The summed E-state index contributed by atoms with van der Waals surface area (Å²) in [5.74, 6) is 0. The summed E-state index contributed by atoms with van der Waals surface area (Å²) in [4.78, 5) is 19.0. The molecule has 0 amide bonds. The Hall–Kier alpha value is -5.35. The molecule has 10 rings (SSSR count). The summed E-state index contributed by atoms with van der Waals surface area (Å²) in [6, 6.07) is 46.4. The van der Waals surface area contributed by atoms with Crippen molar-refractivity contribution in [1.82, 2.24) is 19.9 Å². The average Bonchev–Trinajstić information content (AvgIpc) is 3.13. The van der Waals surface area contributed by atoms with Crippen LogP contribution in [0.1, 0.15) is 0 Å². The second kappa shape index (κ2) is 13.5. The summed E-state index contributed by atoms with van der Waals surface area (Å²) in [5.41, 5.74) is 5.97. The Labute approximate surface area is 297 Å². The molecule has 10 heteroatoms. The van der Waals surface area contributed by atoms with Crippen LogP contribution in [0.25, 0.3) is 87.0 Å². The largest absolute Gasteiger partial charge is 1.00 e. The molecule has 0 saturated carbocycles. The number of halogens is 1. The van der Waals surface area contributed by atoms with Crippen molar-refractivity contribution in [3.05, 3.63) is 146 Å². The number of hydrogen-bond donors (Lipinski definition) is 0. The minimum atomic E-state index is -4.94. The fraction of sp³-hybridized carbons (Fsp3) is 0. The zero-order chi connectivity index (χ0) is 33.5. The van der Waals surface area contributed by atoms with Gasteiger partial charge in [-0.1, -0.05) is 109 Å². The van der Waals surface area contributed by atoms with Crippen molar-refractivity contribution in [3.63, 3.8) is 0 Å². The molecule has 4 heterocycles. The third-order valence-corrected chi connectivity index (χ3v) is 8.49. The maximum absolute atomic E-state index is 8.49. The first-order valence-corrected chi connectivity index (χ1v) is 16.6. The topological polar surface area (TPSA) is 144 Å². The van der Waals surface area contributed by atoms with Crippen molar-refractivity contribution < 1.29 is 45.9 Å². The van der Waals surface area contributed by atoms with E-state index >= 15 is 0 Å². The van der Waals surface area contributed by atoms with E-state index in [1.807, 2.05) is 24.5 Å². The Morgan fingerprint density at radius 2 is 0.660 bits per heavy atom. The van der Waals surface area contributed by atoms with E-state index in [2.05, 4.69) is 131 Å². The van der Waals surface area contributed by atoms with Gasteiger partial charge in [-0.25, -0.2) is 28.6 Å². The number of benzene rings is 6. The molecular formula is C40H24ClCuN4O4. The number of hydrogen-bond acceptors (Lipinski definition) is 8. The molecule has 8 nitrogen and oxygen atoms in total. The van der Waals surface area contributed by atoms with Crippen LogP contribution in [-0.2, 0) is 17.1 Å². The Morgan fingerprint density at radius 1 is 0.340 bits per heavy atom.